The molecule has 0 aliphatic carbocycles. The first-order valence-electron chi connectivity index (χ1n) is 9.57. The topological polar surface area (TPSA) is 72.8 Å². The lowest BCUT2D eigenvalue weighted by molar-refractivity contribution is 0.305. The van der Waals surface area contributed by atoms with Gasteiger partial charge in [0.05, 0.1) is 5.56 Å². The molecule has 0 saturated carbocycles. The van der Waals surface area contributed by atoms with Crippen LogP contribution in [-0.2, 0) is 12.4 Å². The monoisotopic (exact) mass is 433 g/mol. The molecular formula is C23H20FN5OS. The summed E-state index contributed by atoms with van der Waals surface area (Å²) in [5.41, 5.74) is 3.54. The fraction of sp³-hybridized carbons (Fsp3) is 0.130. The number of nitrogens with one attached hydrogen (secondary N) is 1. The van der Waals surface area contributed by atoms with Crippen LogP contribution >= 0.6 is 11.8 Å². The van der Waals surface area contributed by atoms with Crippen LogP contribution in [0.15, 0.2) is 73.3 Å². The van der Waals surface area contributed by atoms with Gasteiger partial charge in [0.15, 0.2) is 5.82 Å². The molecule has 0 unspecified atom stereocenters. The average molecular weight is 434 g/mol. The third kappa shape index (κ3) is 5.55. The first-order valence-corrected chi connectivity index (χ1v) is 11.0. The van der Waals surface area contributed by atoms with E-state index in [0.29, 0.717) is 23.1 Å². The zero-order valence-electron chi connectivity index (χ0n) is 16.8. The molecule has 8 heteroatoms. The minimum absolute atomic E-state index is 0.253. The standard InChI is InChI=1S/C23H20FN5OS/c1-31-14-16-4-2-6-19(10-16)28-23-27-15-26-22(29-23)20-8-7-18(24)11-21(20)30-13-17-5-3-9-25-12-17/h2-12,15H,13-14H2,1H3,(H,26,27,28,29). The molecular weight excluding hydrogens is 413 g/mol. The summed E-state index contributed by atoms with van der Waals surface area (Å²) in [6.07, 6.45) is 6.88. The lowest BCUT2D eigenvalue weighted by Crippen LogP contribution is -2.02. The van der Waals surface area contributed by atoms with Crippen LogP contribution in [0.3, 0.4) is 0 Å². The van der Waals surface area contributed by atoms with E-state index in [0.717, 1.165) is 17.0 Å². The molecule has 0 radical (unpaired) electrons. The van der Waals surface area contributed by atoms with Crippen LogP contribution in [0.25, 0.3) is 11.4 Å². The Morgan fingerprint density at radius 3 is 2.77 bits per heavy atom. The fourth-order valence-electron chi connectivity index (χ4n) is 2.97. The van der Waals surface area contributed by atoms with Crippen molar-refractivity contribution in [1.29, 1.82) is 0 Å². The maximum absolute atomic E-state index is 13.9. The van der Waals surface area contributed by atoms with Gasteiger partial charge in [-0.15, -0.1) is 0 Å². The molecule has 156 valence electrons. The van der Waals surface area contributed by atoms with E-state index in [4.69, 9.17) is 4.74 Å². The highest BCUT2D eigenvalue weighted by molar-refractivity contribution is 7.97. The van der Waals surface area contributed by atoms with E-state index in [1.165, 1.54) is 24.0 Å². The molecule has 4 rings (SSSR count). The number of anilines is 2. The van der Waals surface area contributed by atoms with E-state index in [9.17, 15) is 4.39 Å². The first kappa shape index (κ1) is 20.7. The zero-order valence-corrected chi connectivity index (χ0v) is 17.6. The van der Waals surface area contributed by atoms with E-state index < -0.39 is 5.82 Å². The van der Waals surface area contributed by atoms with Crippen LogP contribution in [0.1, 0.15) is 11.1 Å². The van der Waals surface area contributed by atoms with Crippen LogP contribution in [0.5, 0.6) is 5.75 Å². The summed E-state index contributed by atoms with van der Waals surface area (Å²) in [5, 5.41) is 3.21. The van der Waals surface area contributed by atoms with E-state index in [1.807, 2.05) is 24.3 Å². The number of benzene rings is 2. The van der Waals surface area contributed by atoms with Crippen molar-refractivity contribution >= 4 is 23.4 Å². The lowest BCUT2D eigenvalue weighted by atomic mass is 10.2. The molecule has 6 nitrogen and oxygen atoms in total. The molecule has 0 saturated heterocycles. The highest BCUT2D eigenvalue weighted by Crippen LogP contribution is 2.29. The Morgan fingerprint density at radius 2 is 1.94 bits per heavy atom. The molecule has 0 fully saturated rings. The molecule has 2 aromatic carbocycles. The van der Waals surface area contributed by atoms with Crippen molar-refractivity contribution in [2.75, 3.05) is 11.6 Å². The summed E-state index contributed by atoms with van der Waals surface area (Å²) in [4.78, 5) is 17.1. The van der Waals surface area contributed by atoms with Crippen molar-refractivity contribution in [3.05, 3.63) is 90.3 Å². The van der Waals surface area contributed by atoms with Crippen molar-refractivity contribution in [2.45, 2.75) is 12.4 Å². The third-order valence-corrected chi connectivity index (χ3v) is 4.99. The van der Waals surface area contributed by atoms with Crippen LogP contribution < -0.4 is 10.1 Å². The zero-order chi connectivity index (χ0) is 21.5. The Balaban J connectivity index is 1.58. The summed E-state index contributed by atoms with van der Waals surface area (Å²) >= 11 is 1.76. The van der Waals surface area contributed by atoms with Gasteiger partial charge in [0.2, 0.25) is 5.95 Å². The smallest absolute Gasteiger partial charge is 0.230 e. The molecule has 4 aromatic rings. The largest absolute Gasteiger partial charge is 0.488 e. The summed E-state index contributed by atoms with van der Waals surface area (Å²) in [7, 11) is 0. The molecule has 0 bridgehead atoms. The van der Waals surface area contributed by atoms with Gasteiger partial charge >= 0.3 is 0 Å². The van der Waals surface area contributed by atoms with Gasteiger partial charge in [0, 0.05) is 35.5 Å². The Bertz CT molecular complexity index is 1160. The Morgan fingerprint density at radius 1 is 1.03 bits per heavy atom. The molecule has 0 aliphatic rings. The fourth-order valence-corrected chi connectivity index (χ4v) is 3.48. The van der Waals surface area contributed by atoms with Gasteiger partial charge < -0.3 is 10.1 Å². The maximum atomic E-state index is 13.9. The number of halogens is 1. The van der Waals surface area contributed by atoms with Gasteiger partial charge in [0.1, 0.15) is 24.5 Å². The van der Waals surface area contributed by atoms with Crippen LogP contribution in [0.2, 0.25) is 0 Å². The Kier molecular flexibility index (Phi) is 6.68. The van der Waals surface area contributed by atoms with E-state index >= 15 is 0 Å². The predicted octanol–water partition coefficient (Wildman–Crippen LogP) is 5.26. The number of hydrogen-bond acceptors (Lipinski definition) is 7. The summed E-state index contributed by atoms with van der Waals surface area (Å²) < 4.78 is 19.8. The summed E-state index contributed by atoms with van der Waals surface area (Å²) in [5.74, 6) is 1.66. The van der Waals surface area contributed by atoms with Gasteiger partial charge in [0.25, 0.3) is 0 Å². The van der Waals surface area contributed by atoms with Crippen molar-refractivity contribution < 1.29 is 9.13 Å². The molecule has 0 aliphatic heterocycles. The minimum atomic E-state index is -0.400. The lowest BCUT2D eigenvalue weighted by Gasteiger charge is -2.12. The SMILES string of the molecule is CSCc1cccc(Nc2ncnc(-c3ccc(F)cc3OCc3cccnc3)n2)c1. The number of aromatic nitrogens is 4. The number of thioether (sulfide) groups is 1. The number of hydrogen-bond donors (Lipinski definition) is 1. The van der Waals surface area contributed by atoms with Gasteiger partial charge in [-0.3, -0.25) is 4.98 Å². The second kappa shape index (κ2) is 9.99. The van der Waals surface area contributed by atoms with Gasteiger partial charge in [-0.1, -0.05) is 18.2 Å². The number of nitrogens with zero attached hydrogens (tertiary/aromatic N) is 4. The van der Waals surface area contributed by atoms with Crippen molar-refractivity contribution in [1.82, 2.24) is 19.9 Å². The first-order chi connectivity index (χ1) is 15.2. The maximum Gasteiger partial charge on any atom is 0.230 e. The van der Waals surface area contributed by atoms with Gasteiger partial charge in [-0.25, -0.2) is 14.4 Å². The summed E-state index contributed by atoms with van der Waals surface area (Å²) in [6, 6.07) is 16.1. The van der Waals surface area contributed by atoms with Crippen molar-refractivity contribution in [2.24, 2.45) is 0 Å². The number of rotatable bonds is 8. The van der Waals surface area contributed by atoms with Gasteiger partial charge in [-0.05, 0) is 42.2 Å². The third-order valence-electron chi connectivity index (χ3n) is 4.37. The molecule has 1 N–H and O–H groups in total. The number of pyridine rings is 1. The second-order valence-corrected chi connectivity index (χ2v) is 7.55. The van der Waals surface area contributed by atoms with E-state index in [2.05, 4.69) is 43.6 Å². The normalized spacial score (nSPS) is 10.6. The Labute approximate surface area is 184 Å². The Hall–Kier alpha value is -3.52. The van der Waals surface area contributed by atoms with E-state index in [-0.39, 0.29) is 6.61 Å². The van der Waals surface area contributed by atoms with E-state index in [1.54, 1.807) is 30.2 Å². The van der Waals surface area contributed by atoms with Crippen LogP contribution in [0.4, 0.5) is 16.0 Å². The molecule has 31 heavy (non-hydrogen) atoms. The molecule has 0 spiro atoms. The number of ether oxygens (including phenoxy) is 1. The van der Waals surface area contributed by atoms with Crippen LogP contribution in [-0.4, -0.2) is 26.2 Å². The van der Waals surface area contributed by atoms with Crippen molar-refractivity contribution in [3.63, 3.8) is 0 Å². The predicted molar refractivity (Wildman–Crippen MR) is 121 cm³/mol. The average Bonchev–Trinajstić information content (AvgIpc) is 2.79. The second-order valence-electron chi connectivity index (χ2n) is 6.68. The summed E-state index contributed by atoms with van der Waals surface area (Å²) in [6.45, 7) is 0.253. The minimum Gasteiger partial charge on any atom is -0.488 e. The highest BCUT2D eigenvalue weighted by Gasteiger charge is 2.13. The molecule has 0 atom stereocenters. The quantitative estimate of drug-likeness (QED) is 0.406. The molecule has 0 amide bonds. The molecule has 2 aromatic heterocycles. The van der Waals surface area contributed by atoms with Crippen LogP contribution in [0, 0.1) is 5.82 Å². The van der Waals surface area contributed by atoms with Crippen molar-refractivity contribution in [3.8, 4) is 17.1 Å². The highest BCUT2D eigenvalue weighted by atomic mass is 32.2. The van der Waals surface area contributed by atoms with Gasteiger partial charge in [-0.2, -0.15) is 16.7 Å². The molecule has 2 heterocycles.